The summed E-state index contributed by atoms with van der Waals surface area (Å²) in [7, 11) is 0. The Morgan fingerprint density at radius 1 is 0.925 bits per heavy atom. The molecule has 6 rings (SSSR count). The fourth-order valence-electron chi connectivity index (χ4n) is 6.74. The molecule has 0 saturated carbocycles. The van der Waals surface area contributed by atoms with E-state index in [2.05, 4.69) is 69.6 Å². The zero-order valence-corrected chi connectivity index (χ0v) is 31.6. The van der Waals surface area contributed by atoms with Gasteiger partial charge in [-0.25, -0.2) is 0 Å². The van der Waals surface area contributed by atoms with Crippen LogP contribution in [0.4, 0.5) is 0 Å². The minimum Gasteiger partial charge on any atom is -0.493 e. The minimum absolute atomic E-state index is 0.202. The molecule has 0 radical (unpaired) electrons. The number of aromatic amines is 1. The molecule has 276 valence electrons. The standard InChI is InChI=1S/C42H47ClN6O4/c1-27-33(8-5-9-36(27)37-10-6-11-40(28(37)2)51-15-7-13-49-14-12-35(50)24-49)26-53-42-18-41(52-25-32-16-31(19-44)20-45-21-32)34(17-39(42)43)22-46-23-38-29(3)47-48-30(38)4/h5-6,8-11,16-18,20-21,35,46,50H,7,12-15,22-26H2,1-4H3,(H,47,48). The van der Waals surface area contributed by atoms with Gasteiger partial charge in [-0.05, 0) is 86.6 Å². The van der Waals surface area contributed by atoms with E-state index >= 15 is 0 Å². The van der Waals surface area contributed by atoms with Gasteiger partial charge in [0, 0.05) is 73.6 Å². The number of H-pyrrole nitrogens is 1. The van der Waals surface area contributed by atoms with Crippen molar-refractivity contribution in [2.75, 3.05) is 26.2 Å². The lowest BCUT2D eigenvalue weighted by molar-refractivity contribution is 0.173. The van der Waals surface area contributed by atoms with Crippen LogP contribution in [0.25, 0.3) is 11.1 Å². The van der Waals surface area contributed by atoms with Crippen molar-refractivity contribution in [3.63, 3.8) is 0 Å². The predicted octanol–water partition coefficient (Wildman–Crippen LogP) is 7.51. The summed E-state index contributed by atoms with van der Waals surface area (Å²) < 4.78 is 19.0. The highest BCUT2D eigenvalue weighted by atomic mass is 35.5. The molecule has 10 nitrogen and oxygen atoms in total. The first-order valence-corrected chi connectivity index (χ1v) is 18.4. The molecule has 2 aromatic heterocycles. The molecule has 0 spiro atoms. The average Bonchev–Trinajstić information content (AvgIpc) is 3.73. The summed E-state index contributed by atoms with van der Waals surface area (Å²) >= 11 is 6.86. The summed E-state index contributed by atoms with van der Waals surface area (Å²) in [4.78, 5) is 6.47. The molecule has 3 aromatic carbocycles. The van der Waals surface area contributed by atoms with Gasteiger partial charge in [0.1, 0.15) is 36.5 Å². The van der Waals surface area contributed by atoms with E-state index in [0.717, 1.165) is 94.1 Å². The Bertz CT molecular complexity index is 2060. The summed E-state index contributed by atoms with van der Waals surface area (Å²) in [5.74, 6) is 2.01. The van der Waals surface area contributed by atoms with Crippen LogP contribution in [0.2, 0.25) is 5.02 Å². The molecule has 3 N–H and O–H groups in total. The Morgan fingerprint density at radius 3 is 2.47 bits per heavy atom. The van der Waals surface area contributed by atoms with Crippen molar-refractivity contribution in [2.45, 2.75) is 72.9 Å². The summed E-state index contributed by atoms with van der Waals surface area (Å²) in [6.07, 6.45) is 4.78. The van der Waals surface area contributed by atoms with Crippen LogP contribution >= 0.6 is 11.6 Å². The predicted molar refractivity (Wildman–Crippen MR) is 206 cm³/mol. The third-order valence-electron chi connectivity index (χ3n) is 9.86. The number of nitrogens with zero attached hydrogens (tertiary/aromatic N) is 4. The molecule has 1 fully saturated rings. The zero-order chi connectivity index (χ0) is 37.3. The number of aliphatic hydroxyl groups excluding tert-OH is 1. The van der Waals surface area contributed by atoms with Crippen LogP contribution in [0.15, 0.2) is 67.0 Å². The molecule has 3 heterocycles. The Kier molecular flexibility index (Phi) is 12.7. The van der Waals surface area contributed by atoms with E-state index in [9.17, 15) is 10.4 Å². The van der Waals surface area contributed by atoms with Gasteiger partial charge >= 0.3 is 0 Å². The van der Waals surface area contributed by atoms with Crippen molar-refractivity contribution >= 4 is 11.6 Å². The van der Waals surface area contributed by atoms with Crippen molar-refractivity contribution in [3.8, 4) is 34.4 Å². The maximum atomic E-state index is 9.80. The number of benzene rings is 3. The second kappa shape index (κ2) is 17.7. The summed E-state index contributed by atoms with van der Waals surface area (Å²) in [6.45, 7) is 13.1. The number of aryl methyl sites for hydroxylation is 2. The quantitative estimate of drug-likeness (QED) is 0.0883. The lowest BCUT2D eigenvalue weighted by Crippen LogP contribution is -2.24. The van der Waals surface area contributed by atoms with Gasteiger partial charge in [0.2, 0.25) is 0 Å². The van der Waals surface area contributed by atoms with Crippen LogP contribution in [0.3, 0.4) is 0 Å². The van der Waals surface area contributed by atoms with Crippen LogP contribution in [-0.4, -0.2) is 57.5 Å². The lowest BCUT2D eigenvalue weighted by atomic mass is 9.93. The van der Waals surface area contributed by atoms with Crippen molar-refractivity contribution in [3.05, 3.63) is 122 Å². The maximum absolute atomic E-state index is 9.80. The third kappa shape index (κ3) is 9.55. The Hall–Kier alpha value is -4.92. The van der Waals surface area contributed by atoms with Gasteiger partial charge in [0.25, 0.3) is 0 Å². The molecule has 1 atom stereocenters. The van der Waals surface area contributed by atoms with Gasteiger partial charge < -0.3 is 29.5 Å². The highest BCUT2D eigenvalue weighted by Gasteiger charge is 2.20. The molecule has 0 amide bonds. The Labute approximate surface area is 316 Å². The number of aliphatic hydroxyl groups is 1. The average molecular weight is 735 g/mol. The fourth-order valence-corrected chi connectivity index (χ4v) is 6.98. The molecule has 5 aromatic rings. The molecular weight excluding hydrogens is 688 g/mol. The number of β-amino-alcohol motifs (C(OH)–C–C–N with tert-alkyl or cyclic N) is 1. The molecular formula is C42H47ClN6O4. The summed E-state index contributed by atoms with van der Waals surface area (Å²) in [6, 6.07) is 20.1. The smallest absolute Gasteiger partial charge is 0.142 e. The largest absolute Gasteiger partial charge is 0.493 e. The number of nitriles is 1. The van der Waals surface area contributed by atoms with Gasteiger partial charge in [0.15, 0.2) is 0 Å². The number of halogens is 1. The number of aromatic nitrogens is 3. The van der Waals surface area contributed by atoms with Crippen LogP contribution in [-0.2, 0) is 26.3 Å². The summed E-state index contributed by atoms with van der Waals surface area (Å²) in [5.41, 5.74) is 10.7. The second-order valence-electron chi connectivity index (χ2n) is 13.6. The van der Waals surface area contributed by atoms with Gasteiger partial charge in [0.05, 0.1) is 29.0 Å². The number of likely N-dealkylation sites (tertiary alicyclic amines) is 1. The molecule has 1 unspecified atom stereocenters. The topological polar surface area (TPSA) is 129 Å². The summed E-state index contributed by atoms with van der Waals surface area (Å²) in [5, 5.41) is 30.5. The van der Waals surface area contributed by atoms with E-state index < -0.39 is 0 Å². The van der Waals surface area contributed by atoms with E-state index in [-0.39, 0.29) is 12.7 Å². The lowest BCUT2D eigenvalue weighted by Gasteiger charge is -2.19. The Morgan fingerprint density at radius 2 is 1.72 bits per heavy atom. The molecule has 53 heavy (non-hydrogen) atoms. The highest BCUT2D eigenvalue weighted by molar-refractivity contribution is 6.32. The Balaban J connectivity index is 1.16. The number of rotatable bonds is 16. The molecule has 0 aliphatic carbocycles. The normalized spacial score (nSPS) is 14.3. The van der Waals surface area contributed by atoms with E-state index in [1.807, 2.05) is 38.1 Å². The second-order valence-corrected chi connectivity index (χ2v) is 14.0. The molecule has 1 aliphatic rings. The van der Waals surface area contributed by atoms with Crippen molar-refractivity contribution in [1.82, 2.24) is 25.4 Å². The van der Waals surface area contributed by atoms with Crippen molar-refractivity contribution < 1.29 is 19.3 Å². The minimum atomic E-state index is -0.202. The van der Waals surface area contributed by atoms with E-state index in [4.69, 9.17) is 25.8 Å². The first kappa shape index (κ1) is 37.8. The number of hydrogen-bond acceptors (Lipinski definition) is 9. The van der Waals surface area contributed by atoms with E-state index in [0.29, 0.717) is 48.4 Å². The monoisotopic (exact) mass is 734 g/mol. The highest BCUT2D eigenvalue weighted by Crippen LogP contribution is 2.36. The SMILES string of the molecule is Cc1n[nH]c(C)c1CNCc1cc(Cl)c(OCc2cccc(-c3cccc(OCCCN4CCC(O)C4)c3C)c2C)cc1OCc1cncc(C#N)c1. The van der Waals surface area contributed by atoms with Gasteiger partial charge in [-0.15, -0.1) is 0 Å². The molecule has 1 aliphatic heterocycles. The zero-order valence-electron chi connectivity index (χ0n) is 30.8. The van der Waals surface area contributed by atoms with Gasteiger partial charge in [-0.3, -0.25) is 10.1 Å². The van der Waals surface area contributed by atoms with Crippen LogP contribution in [0.1, 0.15) is 63.2 Å². The van der Waals surface area contributed by atoms with Crippen LogP contribution < -0.4 is 19.5 Å². The first-order valence-electron chi connectivity index (χ1n) is 18.0. The van der Waals surface area contributed by atoms with E-state index in [1.165, 1.54) is 6.20 Å². The van der Waals surface area contributed by atoms with Crippen molar-refractivity contribution in [2.24, 2.45) is 0 Å². The van der Waals surface area contributed by atoms with Gasteiger partial charge in [-0.1, -0.05) is 41.9 Å². The number of nitrogens with one attached hydrogen (secondary N) is 2. The van der Waals surface area contributed by atoms with E-state index in [1.54, 1.807) is 12.3 Å². The number of ether oxygens (including phenoxy) is 3. The third-order valence-corrected chi connectivity index (χ3v) is 10.2. The molecule has 1 saturated heterocycles. The fraction of sp³-hybridized carbons (Fsp3) is 0.357. The van der Waals surface area contributed by atoms with Crippen LogP contribution in [0.5, 0.6) is 17.2 Å². The molecule has 0 bridgehead atoms. The van der Waals surface area contributed by atoms with Crippen molar-refractivity contribution in [1.29, 1.82) is 5.26 Å². The number of hydrogen-bond donors (Lipinski definition) is 3. The number of pyridine rings is 1. The van der Waals surface area contributed by atoms with Crippen LogP contribution in [0, 0.1) is 39.0 Å². The first-order chi connectivity index (χ1) is 25.7. The van der Waals surface area contributed by atoms with Gasteiger partial charge in [-0.2, -0.15) is 10.4 Å². The maximum Gasteiger partial charge on any atom is 0.142 e. The molecule has 11 heteroatoms.